The monoisotopic (exact) mass is 394 g/mol. The number of hydrogen-bond donors (Lipinski definition) is 2. The number of benzene rings is 2. The second-order valence-electron chi connectivity index (χ2n) is 5.41. The van der Waals surface area contributed by atoms with E-state index in [0.717, 1.165) is 17.1 Å². The Morgan fingerprint density at radius 2 is 1.76 bits per heavy atom. The summed E-state index contributed by atoms with van der Waals surface area (Å²) in [7, 11) is -2.17. The molecule has 0 aliphatic carbocycles. The molecule has 2 N–H and O–H groups in total. The molecule has 1 aliphatic heterocycles. The van der Waals surface area contributed by atoms with Gasteiger partial charge in [-0.3, -0.25) is 9.52 Å². The SMILES string of the molecule is CNC(=O)c1ccc(S(=O)(=O)Nc2cccc(C3SCCS3)c2)cc1. The lowest BCUT2D eigenvalue weighted by Gasteiger charge is -2.12. The topological polar surface area (TPSA) is 75.3 Å². The van der Waals surface area contributed by atoms with Crippen molar-refractivity contribution in [3.63, 3.8) is 0 Å². The fraction of sp³-hybridized carbons (Fsp3) is 0.235. The third kappa shape index (κ3) is 4.31. The Morgan fingerprint density at radius 3 is 2.40 bits per heavy atom. The molecule has 1 amide bonds. The molecule has 3 rings (SSSR count). The molecule has 1 saturated heterocycles. The maximum Gasteiger partial charge on any atom is 0.261 e. The van der Waals surface area contributed by atoms with Crippen LogP contribution in [0.4, 0.5) is 5.69 Å². The van der Waals surface area contributed by atoms with Gasteiger partial charge in [-0.1, -0.05) is 12.1 Å². The largest absolute Gasteiger partial charge is 0.355 e. The number of carbonyl (C=O) groups is 1. The summed E-state index contributed by atoms with van der Waals surface area (Å²) in [4.78, 5) is 11.7. The quantitative estimate of drug-likeness (QED) is 0.814. The summed E-state index contributed by atoms with van der Waals surface area (Å²) in [5.41, 5.74) is 2.07. The lowest BCUT2D eigenvalue weighted by atomic mass is 10.2. The Morgan fingerprint density at radius 1 is 1.08 bits per heavy atom. The number of sulfonamides is 1. The highest BCUT2D eigenvalue weighted by Crippen LogP contribution is 2.45. The van der Waals surface area contributed by atoms with Crippen LogP contribution in [-0.4, -0.2) is 32.9 Å². The summed E-state index contributed by atoms with van der Waals surface area (Å²) < 4.78 is 28.1. The van der Waals surface area contributed by atoms with E-state index < -0.39 is 10.0 Å². The number of anilines is 1. The van der Waals surface area contributed by atoms with Crippen molar-refractivity contribution in [2.75, 3.05) is 23.3 Å². The van der Waals surface area contributed by atoms with Gasteiger partial charge < -0.3 is 5.32 Å². The highest BCUT2D eigenvalue weighted by atomic mass is 32.2. The van der Waals surface area contributed by atoms with E-state index in [0.29, 0.717) is 15.8 Å². The molecule has 0 bridgehead atoms. The average molecular weight is 395 g/mol. The Bertz CT molecular complexity index is 861. The highest BCUT2D eigenvalue weighted by molar-refractivity contribution is 8.19. The summed E-state index contributed by atoms with van der Waals surface area (Å²) in [5.74, 6) is 1.97. The maximum atomic E-state index is 12.6. The number of nitrogens with one attached hydrogen (secondary N) is 2. The van der Waals surface area contributed by atoms with Gasteiger partial charge in [0.15, 0.2) is 0 Å². The normalized spacial score (nSPS) is 15.1. The molecule has 0 aromatic heterocycles. The van der Waals surface area contributed by atoms with Crippen LogP contribution < -0.4 is 10.0 Å². The molecule has 0 saturated carbocycles. The van der Waals surface area contributed by atoms with Crippen LogP contribution in [0.25, 0.3) is 0 Å². The minimum absolute atomic E-state index is 0.121. The first-order valence-corrected chi connectivity index (χ1v) is 11.3. The summed E-state index contributed by atoms with van der Waals surface area (Å²) >= 11 is 3.75. The smallest absolute Gasteiger partial charge is 0.261 e. The number of amides is 1. The zero-order valence-corrected chi connectivity index (χ0v) is 16.0. The summed E-state index contributed by atoms with van der Waals surface area (Å²) in [5, 5.41) is 2.50. The lowest BCUT2D eigenvalue weighted by molar-refractivity contribution is 0.0963. The van der Waals surface area contributed by atoms with Gasteiger partial charge in [0.1, 0.15) is 0 Å². The first kappa shape index (κ1) is 18.2. The predicted molar refractivity (Wildman–Crippen MR) is 105 cm³/mol. The van der Waals surface area contributed by atoms with E-state index in [1.807, 2.05) is 41.7 Å². The van der Waals surface area contributed by atoms with Gasteiger partial charge in [-0.05, 0) is 42.0 Å². The van der Waals surface area contributed by atoms with Crippen molar-refractivity contribution in [2.24, 2.45) is 0 Å². The van der Waals surface area contributed by atoms with Crippen molar-refractivity contribution in [3.05, 3.63) is 59.7 Å². The number of hydrogen-bond acceptors (Lipinski definition) is 5. The molecular weight excluding hydrogens is 376 g/mol. The van der Waals surface area contributed by atoms with Crippen LogP contribution in [0.5, 0.6) is 0 Å². The summed E-state index contributed by atoms with van der Waals surface area (Å²) in [6, 6.07) is 13.4. The van der Waals surface area contributed by atoms with E-state index in [-0.39, 0.29) is 10.8 Å². The van der Waals surface area contributed by atoms with E-state index in [2.05, 4.69) is 10.0 Å². The van der Waals surface area contributed by atoms with Gasteiger partial charge in [0.25, 0.3) is 15.9 Å². The zero-order valence-electron chi connectivity index (χ0n) is 13.6. The fourth-order valence-corrected chi connectivity index (χ4v) is 6.33. The first-order valence-electron chi connectivity index (χ1n) is 7.68. The zero-order chi connectivity index (χ0) is 17.9. The summed E-state index contributed by atoms with van der Waals surface area (Å²) in [6.07, 6.45) is 0. The predicted octanol–water partition coefficient (Wildman–Crippen LogP) is 3.33. The van der Waals surface area contributed by atoms with Gasteiger partial charge in [-0.15, -0.1) is 23.5 Å². The van der Waals surface area contributed by atoms with E-state index in [1.165, 1.54) is 31.3 Å². The van der Waals surface area contributed by atoms with E-state index in [1.54, 1.807) is 6.07 Å². The Hall–Kier alpha value is -1.64. The second-order valence-corrected chi connectivity index (χ2v) is 9.81. The minimum Gasteiger partial charge on any atom is -0.355 e. The molecule has 2 aromatic rings. The molecule has 1 fully saturated rings. The Labute approximate surface area is 156 Å². The van der Waals surface area contributed by atoms with E-state index >= 15 is 0 Å². The first-order chi connectivity index (χ1) is 12.0. The number of thioether (sulfide) groups is 2. The van der Waals surface area contributed by atoms with Gasteiger partial charge in [-0.25, -0.2) is 8.42 Å². The average Bonchev–Trinajstić information content (AvgIpc) is 3.16. The molecule has 25 heavy (non-hydrogen) atoms. The van der Waals surface area contributed by atoms with Gasteiger partial charge in [0, 0.05) is 29.8 Å². The lowest BCUT2D eigenvalue weighted by Crippen LogP contribution is -2.18. The van der Waals surface area contributed by atoms with Crippen LogP contribution in [0.1, 0.15) is 20.5 Å². The molecule has 1 heterocycles. The van der Waals surface area contributed by atoms with Crippen LogP contribution >= 0.6 is 23.5 Å². The van der Waals surface area contributed by atoms with Crippen LogP contribution in [0.3, 0.4) is 0 Å². The standard InChI is InChI=1S/C17H18N2O3S3/c1-18-16(20)12-5-7-15(8-6-12)25(21,22)19-14-4-2-3-13(11-14)17-23-9-10-24-17/h2-8,11,17,19H,9-10H2,1H3,(H,18,20). The molecule has 1 aliphatic rings. The Kier molecular flexibility index (Phi) is 5.61. The Balaban J connectivity index is 1.79. The fourth-order valence-electron chi connectivity index (χ4n) is 2.44. The molecule has 0 spiro atoms. The van der Waals surface area contributed by atoms with Crippen molar-refractivity contribution in [1.82, 2.24) is 5.32 Å². The van der Waals surface area contributed by atoms with Gasteiger partial charge in [0.2, 0.25) is 0 Å². The van der Waals surface area contributed by atoms with Crippen LogP contribution in [0.15, 0.2) is 53.4 Å². The van der Waals surface area contributed by atoms with Gasteiger partial charge in [-0.2, -0.15) is 0 Å². The van der Waals surface area contributed by atoms with Gasteiger partial charge in [0.05, 0.1) is 9.48 Å². The third-order valence-corrected chi connectivity index (χ3v) is 8.19. The van der Waals surface area contributed by atoms with Crippen LogP contribution in [0, 0.1) is 0 Å². The highest BCUT2D eigenvalue weighted by Gasteiger charge is 2.20. The van der Waals surface area contributed by atoms with Crippen molar-refractivity contribution in [3.8, 4) is 0 Å². The minimum atomic E-state index is -3.70. The molecular formula is C17H18N2O3S3. The second kappa shape index (κ2) is 7.72. The van der Waals surface area contributed by atoms with Crippen molar-refractivity contribution in [2.45, 2.75) is 9.48 Å². The van der Waals surface area contributed by atoms with Crippen molar-refractivity contribution in [1.29, 1.82) is 0 Å². The van der Waals surface area contributed by atoms with E-state index in [4.69, 9.17) is 0 Å². The molecule has 8 heteroatoms. The molecule has 2 aromatic carbocycles. The summed E-state index contributed by atoms with van der Waals surface area (Å²) in [6.45, 7) is 0. The molecule has 5 nitrogen and oxygen atoms in total. The molecule has 132 valence electrons. The number of carbonyl (C=O) groups excluding carboxylic acids is 1. The molecule has 0 unspecified atom stereocenters. The van der Waals surface area contributed by atoms with Crippen LogP contribution in [-0.2, 0) is 10.0 Å². The van der Waals surface area contributed by atoms with Crippen molar-refractivity contribution < 1.29 is 13.2 Å². The van der Waals surface area contributed by atoms with Crippen molar-refractivity contribution >= 4 is 45.1 Å². The third-order valence-electron chi connectivity index (χ3n) is 3.69. The number of rotatable bonds is 5. The maximum absolute atomic E-state index is 12.6. The molecule has 0 radical (unpaired) electrons. The van der Waals surface area contributed by atoms with Crippen LogP contribution in [0.2, 0.25) is 0 Å². The van der Waals surface area contributed by atoms with Gasteiger partial charge >= 0.3 is 0 Å². The molecule has 0 atom stereocenters. The van der Waals surface area contributed by atoms with E-state index in [9.17, 15) is 13.2 Å².